The molecule has 1 aromatic carbocycles. The number of aliphatic imine (C=N–C) groups is 1. The molecule has 1 rings (SSSR count). The van der Waals surface area contributed by atoms with Crippen molar-refractivity contribution >= 4 is 13.8 Å². The molecule has 0 radical (unpaired) electrons. The molecule has 2 N–H and O–H groups in total. The molecule has 0 aliphatic rings. The average molecular weight is 213 g/mol. The van der Waals surface area contributed by atoms with Gasteiger partial charge in [0, 0.05) is 6.21 Å². The summed E-state index contributed by atoms with van der Waals surface area (Å²) < 4.78 is 10.7. The van der Waals surface area contributed by atoms with Crippen LogP contribution in [0.1, 0.15) is 12.5 Å². The van der Waals surface area contributed by atoms with Crippen LogP contribution in [0.3, 0.4) is 0 Å². The maximum Gasteiger partial charge on any atom is 0.349 e. The van der Waals surface area contributed by atoms with Gasteiger partial charge >= 0.3 is 7.60 Å². The summed E-state index contributed by atoms with van der Waals surface area (Å²) in [4.78, 5) is 21.3. The fourth-order valence-electron chi connectivity index (χ4n) is 0.820. The lowest BCUT2D eigenvalue weighted by Crippen LogP contribution is -1.99. The maximum absolute atomic E-state index is 10.7. The van der Waals surface area contributed by atoms with Crippen LogP contribution < -0.4 is 0 Å². The smallest absolute Gasteiger partial charge is 0.323 e. The van der Waals surface area contributed by atoms with Crippen molar-refractivity contribution in [3.8, 4) is 0 Å². The Morgan fingerprint density at radius 1 is 1.36 bits per heavy atom. The van der Waals surface area contributed by atoms with Crippen LogP contribution in [-0.2, 0) is 4.57 Å². The Hall–Kier alpha value is -0.960. The first kappa shape index (κ1) is 11.1. The van der Waals surface area contributed by atoms with Crippen LogP contribution in [0.2, 0.25) is 0 Å². The van der Waals surface area contributed by atoms with Crippen LogP contribution in [0, 0.1) is 0 Å². The number of nitrogens with zero attached hydrogens (tertiary/aromatic N) is 1. The molecule has 0 heterocycles. The molecule has 0 saturated carbocycles. The molecule has 0 spiro atoms. The molecule has 4 nitrogen and oxygen atoms in total. The van der Waals surface area contributed by atoms with E-state index in [1.54, 1.807) is 0 Å². The minimum Gasteiger partial charge on any atom is -0.323 e. The fraction of sp³-hybridized carbons (Fsp3) is 0.222. The van der Waals surface area contributed by atoms with Gasteiger partial charge in [-0.15, -0.1) is 0 Å². The molecule has 1 aromatic rings. The van der Waals surface area contributed by atoms with E-state index in [9.17, 15) is 4.57 Å². The molecule has 0 fully saturated rings. The molecule has 0 aliphatic carbocycles. The maximum atomic E-state index is 10.7. The van der Waals surface area contributed by atoms with Crippen molar-refractivity contribution in [1.29, 1.82) is 0 Å². The molecule has 1 atom stereocenters. The Bertz CT molecular complexity index is 358. The van der Waals surface area contributed by atoms with E-state index in [4.69, 9.17) is 9.79 Å². The zero-order valence-corrected chi connectivity index (χ0v) is 8.63. The van der Waals surface area contributed by atoms with Crippen LogP contribution in [0.15, 0.2) is 35.3 Å². The van der Waals surface area contributed by atoms with Gasteiger partial charge in [-0.2, -0.15) is 0 Å². The van der Waals surface area contributed by atoms with E-state index < -0.39 is 13.4 Å². The van der Waals surface area contributed by atoms with Crippen molar-refractivity contribution in [1.82, 2.24) is 0 Å². The highest BCUT2D eigenvalue weighted by atomic mass is 31.2. The third-order valence-electron chi connectivity index (χ3n) is 1.73. The van der Waals surface area contributed by atoms with Crippen molar-refractivity contribution in [3.63, 3.8) is 0 Å². The minimum atomic E-state index is -4.09. The monoisotopic (exact) mass is 213 g/mol. The van der Waals surface area contributed by atoms with E-state index in [0.717, 1.165) is 5.56 Å². The van der Waals surface area contributed by atoms with Gasteiger partial charge in [0.25, 0.3) is 0 Å². The first-order valence-electron chi connectivity index (χ1n) is 4.13. The van der Waals surface area contributed by atoms with Gasteiger partial charge in [0.2, 0.25) is 0 Å². The number of rotatable bonds is 3. The quantitative estimate of drug-likeness (QED) is 0.592. The normalized spacial score (nSPS) is 14.5. The van der Waals surface area contributed by atoms with Gasteiger partial charge in [0.05, 0.1) is 0 Å². The largest absolute Gasteiger partial charge is 0.349 e. The van der Waals surface area contributed by atoms with Crippen LogP contribution in [0.25, 0.3) is 0 Å². The van der Waals surface area contributed by atoms with Crippen LogP contribution in [0.5, 0.6) is 0 Å². The summed E-state index contributed by atoms with van der Waals surface area (Å²) in [7, 11) is -4.09. The fourth-order valence-corrected chi connectivity index (χ4v) is 1.06. The minimum absolute atomic E-state index is 0.827. The molecule has 0 saturated heterocycles. The van der Waals surface area contributed by atoms with Gasteiger partial charge in [0.15, 0.2) is 0 Å². The Labute approximate surface area is 82.5 Å². The second-order valence-electron chi connectivity index (χ2n) is 2.91. The first-order chi connectivity index (χ1) is 6.50. The number of benzene rings is 1. The van der Waals surface area contributed by atoms with E-state index >= 15 is 0 Å². The Morgan fingerprint density at radius 3 is 2.43 bits per heavy atom. The van der Waals surface area contributed by atoms with Crippen LogP contribution >= 0.6 is 7.60 Å². The summed E-state index contributed by atoms with van der Waals surface area (Å²) in [5.41, 5.74) is 0.827. The zero-order valence-electron chi connectivity index (χ0n) is 7.74. The molecular formula is C9H12NO3P. The predicted octanol–water partition coefficient (Wildman–Crippen LogP) is 1.63. The second-order valence-corrected chi connectivity index (χ2v) is 4.84. The van der Waals surface area contributed by atoms with Gasteiger partial charge in [-0.3, -0.25) is 9.56 Å². The van der Waals surface area contributed by atoms with E-state index in [-0.39, 0.29) is 0 Å². The number of hydrogen-bond donors (Lipinski definition) is 2. The summed E-state index contributed by atoms with van der Waals surface area (Å²) in [6, 6.07) is 9.17. The lowest BCUT2D eigenvalue weighted by molar-refractivity contribution is 0.362. The lowest BCUT2D eigenvalue weighted by atomic mass is 10.2. The van der Waals surface area contributed by atoms with Gasteiger partial charge in [0.1, 0.15) is 5.78 Å². The highest BCUT2D eigenvalue weighted by molar-refractivity contribution is 7.52. The van der Waals surface area contributed by atoms with Gasteiger partial charge in [-0.25, -0.2) is 0 Å². The van der Waals surface area contributed by atoms with Gasteiger partial charge in [-0.05, 0) is 12.5 Å². The van der Waals surface area contributed by atoms with Gasteiger partial charge < -0.3 is 9.79 Å². The summed E-state index contributed by atoms with van der Waals surface area (Å²) in [6.07, 6.45) is 1.46. The molecule has 0 amide bonds. The summed E-state index contributed by atoms with van der Waals surface area (Å²) in [6.45, 7) is 1.39. The third-order valence-corrected chi connectivity index (χ3v) is 2.83. The summed E-state index contributed by atoms with van der Waals surface area (Å²) >= 11 is 0. The Balaban J connectivity index is 2.70. The first-order valence-corrected chi connectivity index (χ1v) is 5.82. The molecule has 0 unspecified atom stereocenters. The van der Waals surface area contributed by atoms with E-state index in [2.05, 4.69) is 4.99 Å². The summed E-state index contributed by atoms with van der Waals surface area (Å²) in [5, 5.41) is 0. The van der Waals surface area contributed by atoms with Crippen molar-refractivity contribution in [3.05, 3.63) is 35.9 Å². The molecule has 0 aromatic heterocycles. The SMILES string of the molecule is C[C@H](/N=C/c1ccccc1)P(=O)(O)O. The standard InChI is InChI=1S/C9H12NO3P/c1-8(14(11,12)13)10-7-9-5-3-2-4-6-9/h2-8H,1H3,(H2,11,12,13)/b10-7+/t8-/m1/s1. The molecule has 0 bridgehead atoms. The Kier molecular flexibility index (Phi) is 3.58. The lowest BCUT2D eigenvalue weighted by Gasteiger charge is -2.07. The molecule has 5 heteroatoms. The molecule has 14 heavy (non-hydrogen) atoms. The van der Waals surface area contributed by atoms with Gasteiger partial charge in [-0.1, -0.05) is 30.3 Å². The highest BCUT2D eigenvalue weighted by Crippen LogP contribution is 2.41. The molecule has 76 valence electrons. The average Bonchev–Trinajstić information content (AvgIpc) is 2.14. The number of hydrogen-bond acceptors (Lipinski definition) is 2. The molecular weight excluding hydrogens is 201 g/mol. The predicted molar refractivity (Wildman–Crippen MR) is 55.5 cm³/mol. The van der Waals surface area contributed by atoms with Crippen LogP contribution in [0.4, 0.5) is 0 Å². The van der Waals surface area contributed by atoms with Crippen molar-refractivity contribution < 1.29 is 14.4 Å². The second kappa shape index (κ2) is 4.51. The van der Waals surface area contributed by atoms with Crippen molar-refractivity contribution in [2.45, 2.75) is 12.7 Å². The summed E-state index contributed by atoms with van der Waals surface area (Å²) in [5.74, 6) is -0.984. The van der Waals surface area contributed by atoms with Crippen molar-refractivity contribution in [2.75, 3.05) is 0 Å². The van der Waals surface area contributed by atoms with E-state index in [1.807, 2.05) is 30.3 Å². The topological polar surface area (TPSA) is 69.9 Å². The van der Waals surface area contributed by atoms with Crippen molar-refractivity contribution in [2.24, 2.45) is 4.99 Å². The van der Waals surface area contributed by atoms with E-state index in [1.165, 1.54) is 13.1 Å². The Morgan fingerprint density at radius 2 is 1.93 bits per heavy atom. The molecule has 0 aliphatic heterocycles. The zero-order chi connectivity index (χ0) is 10.6. The van der Waals surface area contributed by atoms with Crippen LogP contribution in [-0.4, -0.2) is 21.8 Å². The van der Waals surface area contributed by atoms with E-state index in [0.29, 0.717) is 0 Å². The highest BCUT2D eigenvalue weighted by Gasteiger charge is 2.21. The third kappa shape index (κ3) is 3.42.